The summed E-state index contributed by atoms with van der Waals surface area (Å²) < 4.78 is 13.7. The van der Waals surface area contributed by atoms with Crippen LogP contribution in [0.25, 0.3) is 10.1 Å². The summed E-state index contributed by atoms with van der Waals surface area (Å²) >= 11 is 7.18. The molecule has 108 valence electrons. The lowest BCUT2D eigenvalue weighted by Gasteiger charge is -2.25. The number of halogens is 2. The molecule has 2 rings (SSSR count). The van der Waals surface area contributed by atoms with Gasteiger partial charge in [-0.2, -0.15) is 0 Å². The lowest BCUT2D eigenvalue weighted by atomic mass is 10.1. The number of thiophene rings is 1. The van der Waals surface area contributed by atoms with Crippen LogP contribution in [0.15, 0.2) is 18.2 Å². The number of aliphatic hydroxyl groups excluding tert-OH is 2. The Labute approximate surface area is 123 Å². The van der Waals surface area contributed by atoms with Gasteiger partial charge < -0.3 is 15.5 Å². The van der Waals surface area contributed by atoms with Gasteiger partial charge in [-0.3, -0.25) is 4.79 Å². The number of carbonyl (C=O) groups is 1. The van der Waals surface area contributed by atoms with Crippen LogP contribution in [0.3, 0.4) is 0 Å². The molecule has 20 heavy (non-hydrogen) atoms. The smallest absolute Gasteiger partial charge is 0.263 e. The Morgan fingerprint density at radius 3 is 2.70 bits per heavy atom. The molecule has 0 saturated heterocycles. The Balaban J connectivity index is 2.38. The summed E-state index contributed by atoms with van der Waals surface area (Å²) in [6.07, 6.45) is 0. The second kappa shape index (κ2) is 5.65. The SMILES string of the molecule is CC(CO)(CO)NC(=O)c1sc2cc(F)ccc2c1Cl. The summed E-state index contributed by atoms with van der Waals surface area (Å²) in [6.45, 7) is 0.685. The standard InChI is InChI=1S/C13H13ClFNO3S/c1-13(5-17,6-18)16-12(19)11-10(14)8-3-2-7(15)4-9(8)20-11/h2-4,17-18H,5-6H2,1H3,(H,16,19). The number of benzene rings is 1. The molecule has 2 aromatic rings. The minimum absolute atomic E-state index is 0.223. The van der Waals surface area contributed by atoms with Gasteiger partial charge in [-0.25, -0.2) is 4.39 Å². The van der Waals surface area contributed by atoms with Gasteiger partial charge >= 0.3 is 0 Å². The summed E-state index contributed by atoms with van der Waals surface area (Å²) in [5.74, 6) is -0.917. The second-order valence-corrected chi connectivity index (χ2v) is 6.15. The molecule has 0 aliphatic carbocycles. The van der Waals surface area contributed by atoms with Gasteiger partial charge in [-0.1, -0.05) is 11.6 Å². The quantitative estimate of drug-likeness (QED) is 0.809. The number of fused-ring (bicyclic) bond motifs is 1. The Morgan fingerprint density at radius 2 is 2.10 bits per heavy atom. The molecule has 1 aromatic heterocycles. The maximum atomic E-state index is 13.2. The number of amides is 1. The van der Waals surface area contributed by atoms with Crippen LogP contribution in [0.5, 0.6) is 0 Å². The maximum Gasteiger partial charge on any atom is 0.263 e. The van der Waals surface area contributed by atoms with E-state index in [1.807, 2.05) is 0 Å². The van der Waals surface area contributed by atoms with Gasteiger partial charge in [0.1, 0.15) is 10.7 Å². The average molecular weight is 318 g/mol. The summed E-state index contributed by atoms with van der Waals surface area (Å²) in [6, 6.07) is 4.09. The number of hydrogen-bond donors (Lipinski definition) is 3. The monoisotopic (exact) mass is 317 g/mol. The van der Waals surface area contributed by atoms with E-state index in [2.05, 4.69) is 5.32 Å². The third kappa shape index (κ3) is 2.78. The highest BCUT2D eigenvalue weighted by Crippen LogP contribution is 2.35. The van der Waals surface area contributed by atoms with E-state index < -0.39 is 30.5 Å². The van der Waals surface area contributed by atoms with Crippen molar-refractivity contribution in [1.82, 2.24) is 5.32 Å². The molecule has 0 saturated carbocycles. The van der Waals surface area contributed by atoms with Crippen molar-refractivity contribution in [3.05, 3.63) is 33.9 Å². The number of aliphatic hydroxyl groups is 2. The molecule has 0 atom stereocenters. The Morgan fingerprint density at radius 1 is 1.45 bits per heavy atom. The predicted octanol–water partition coefficient (Wildman–Crippen LogP) is 2.17. The summed E-state index contributed by atoms with van der Waals surface area (Å²) in [5.41, 5.74) is -1.14. The lowest BCUT2D eigenvalue weighted by Crippen LogP contribution is -2.51. The molecule has 1 aromatic carbocycles. The predicted molar refractivity (Wildman–Crippen MR) is 76.8 cm³/mol. The summed E-state index contributed by atoms with van der Waals surface area (Å²) in [7, 11) is 0. The molecule has 0 radical (unpaired) electrons. The van der Waals surface area contributed by atoms with E-state index in [0.29, 0.717) is 10.1 Å². The molecule has 0 bridgehead atoms. The molecular weight excluding hydrogens is 305 g/mol. The van der Waals surface area contributed by atoms with Crippen molar-refractivity contribution >= 4 is 38.9 Å². The topological polar surface area (TPSA) is 69.6 Å². The van der Waals surface area contributed by atoms with E-state index in [0.717, 1.165) is 11.3 Å². The number of carbonyl (C=O) groups excluding carboxylic acids is 1. The maximum absolute atomic E-state index is 13.2. The van der Waals surface area contributed by atoms with Gasteiger partial charge in [0.25, 0.3) is 5.91 Å². The van der Waals surface area contributed by atoms with E-state index in [1.54, 1.807) is 0 Å². The van der Waals surface area contributed by atoms with Crippen LogP contribution in [0.4, 0.5) is 4.39 Å². The Bertz CT molecular complexity index is 654. The van der Waals surface area contributed by atoms with E-state index in [1.165, 1.54) is 25.1 Å². The number of rotatable bonds is 4. The molecule has 0 spiro atoms. The van der Waals surface area contributed by atoms with Crippen molar-refractivity contribution in [2.75, 3.05) is 13.2 Å². The molecule has 3 N–H and O–H groups in total. The van der Waals surface area contributed by atoms with Gasteiger partial charge in [0.2, 0.25) is 0 Å². The largest absolute Gasteiger partial charge is 0.394 e. The van der Waals surface area contributed by atoms with Crippen molar-refractivity contribution in [3.8, 4) is 0 Å². The van der Waals surface area contributed by atoms with Crippen LogP contribution in [-0.2, 0) is 0 Å². The third-order valence-corrected chi connectivity index (χ3v) is 4.57. The highest BCUT2D eigenvalue weighted by atomic mass is 35.5. The van der Waals surface area contributed by atoms with Crippen LogP contribution >= 0.6 is 22.9 Å². The highest BCUT2D eigenvalue weighted by Gasteiger charge is 2.27. The zero-order chi connectivity index (χ0) is 14.9. The Hall–Kier alpha value is -1.21. The number of hydrogen-bond acceptors (Lipinski definition) is 4. The molecule has 0 aliphatic rings. The van der Waals surface area contributed by atoms with Gasteiger partial charge in [0, 0.05) is 10.1 Å². The molecule has 0 fully saturated rings. The second-order valence-electron chi connectivity index (χ2n) is 4.72. The van der Waals surface area contributed by atoms with Crippen LogP contribution < -0.4 is 5.32 Å². The fourth-order valence-corrected chi connectivity index (χ4v) is 3.08. The molecule has 0 aliphatic heterocycles. The first-order chi connectivity index (χ1) is 9.40. The number of nitrogens with one attached hydrogen (secondary N) is 1. The van der Waals surface area contributed by atoms with Crippen molar-refractivity contribution < 1.29 is 19.4 Å². The minimum Gasteiger partial charge on any atom is -0.394 e. The fraction of sp³-hybridized carbons (Fsp3) is 0.308. The van der Waals surface area contributed by atoms with E-state index in [4.69, 9.17) is 11.6 Å². The molecule has 0 unspecified atom stereocenters. The third-order valence-electron chi connectivity index (χ3n) is 2.91. The molecule has 1 amide bonds. The van der Waals surface area contributed by atoms with Crippen molar-refractivity contribution in [3.63, 3.8) is 0 Å². The van der Waals surface area contributed by atoms with Crippen LogP contribution in [0, 0.1) is 5.82 Å². The molecular formula is C13H13ClFNO3S. The van der Waals surface area contributed by atoms with E-state index in [-0.39, 0.29) is 9.90 Å². The average Bonchev–Trinajstić information content (AvgIpc) is 2.75. The van der Waals surface area contributed by atoms with Gasteiger partial charge in [-0.15, -0.1) is 11.3 Å². The van der Waals surface area contributed by atoms with Crippen molar-refractivity contribution in [2.24, 2.45) is 0 Å². The van der Waals surface area contributed by atoms with Crippen molar-refractivity contribution in [1.29, 1.82) is 0 Å². The first-order valence-corrected chi connectivity index (χ1v) is 7.01. The first kappa shape index (κ1) is 15.2. The summed E-state index contributed by atoms with van der Waals surface area (Å²) in [4.78, 5) is 12.4. The van der Waals surface area contributed by atoms with Gasteiger partial charge in [-0.05, 0) is 25.1 Å². The van der Waals surface area contributed by atoms with E-state index in [9.17, 15) is 19.4 Å². The first-order valence-electron chi connectivity index (χ1n) is 5.82. The van der Waals surface area contributed by atoms with Crippen LogP contribution in [-0.4, -0.2) is 34.9 Å². The zero-order valence-electron chi connectivity index (χ0n) is 10.6. The van der Waals surface area contributed by atoms with Gasteiger partial charge in [0.15, 0.2) is 0 Å². The zero-order valence-corrected chi connectivity index (χ0v) is 12.2. The Kier molecular flexibility index (Phi) is 4.29. The van der Waals surface area contributed by atoms with Crippen molar-refractivity contribution in [2.45, 2.75) is 12.5 Å². The molecule has 4 nitrogen and oxygen atoms in total. The highest BCUT2D eigenvalue weighted by molar-refractivity contribution is 7.21. The minimum atomic E-state index is -1.14. The lowest BCUT2D eigenvalue weighted by molar-refractivity contribution is 0.0727. The van der Waals surface area contributed by atoms with Crippen LogP contribution in [0.2, 0.25) is 5.02 Å². The fourth-order valence-electron chi connectivity index (χ4n) is 1.64. The molecule has 1 heterocycles. The molecule has 7 heteroatoms. The summed E-state index contributed by atoms with van der Waals surface area (Å²) in [5, 5.41) is 21.7. The van der Waals surface area contributed by atoms with Gasteiger partial charge in [0.05, 0.1) is 23.8 Å². The van der Waals surface area contributed by atoms with Crippen LogP contribution in [0.1, 0.15) is 16.6 Å². The normalized spacial score (nSPS) is 11.8. The van der Waals surface area contributed by atoms with E-state index >= 15 is 0 Å².